The molecule has 1 saturated carbocycles. The van der Waals surface area contributed by atoms with E-state index >= 15 is 0 Å². The molecule has 0 aromatic carbocycles. The number of aromatic nitrogens is 5. The van der Waals surface area contributed by atoms with Crippen molar-refractivity contribution in [1.82, 2.24) is 24.7 Å². The third kappa shape index (κ3) is 2.72. The molecule has 1 atom stereocenters. The number of hydrogen-bond acceptors (Lipinski definition) is 6. The average molecular weight is 313 g/mol. The summed E-state index contributed by atoms with van der Waals surface area (Å²) in [6.45, 7) is 6.64. The Morgan fingerprint density at radius 3 is 2.96 bits per heavy atom. The Bertz CT molecular complexity index is 849. The van der Waals surface area contributed by atoms with E-state index in [9.17, 15) is 0 Å². The van der Waals surface area contributed by atoms with Gasteiger partial charge in [-0.15, -0.1) is 0 Å². The van der Waals surface area contributed by atoms with E-state index < -0.39 is 0 Å². The predicted molar refractivity (Wildman–Crippen MR) is 82.8 cm³/mol. The summed E-state index contributed by atoms with van der Waals surface area (Å²) < 4.78 is 12.9. The monoisotopic (exact) mass is 313 g/mol. The van der Waals surface area contributed by atoms with Crippen LogP contribution in [-0.4, -0.2) is 31.3 Å². The SMILES string of the molecule is Cc1cc(C)n2ncc(-c3noc([C@H](C)OCC4CC4)n3)c2n1. The summed E-state index contributed by atoms with van der Waals surface area (Å²) >= 11 is 0. The molecular formula is C16H19N5O2. The van der Waals surface area contributed by atoms with Gasteiger partial charge in [0.15, 0.2) is 5.65 Å². The van der Waals surface area contributed by atoms with Gasteiger partial charge in [-0.05, 0) is 45.6 Å². The van der Waals surface area contributed by atoms with Crippen molar-refractivity contribution >= 4 is 5.65 Å². The van der Waals surface area contributed by atoms with Crippen molar-refractivity contribution in [3.63, 3.8) is 0 Å². The molecule has 7 heteroatoms. The van der Waals surface area contributed by atoms with Gasteiger partial charge in [-0.3, -0.25) is 0 Å². The molecular weight excluding hydrogens is 294 g/mol. The molecule has 1 fully saturated rings. The lowest BCUT2D eigenvalue weighted by atomic mass is 10.3. The molecule has 7 nitrogen and oxygen atoms in total. The number of hydrogen-bond donors (Lipinski definition) is 0. The van der Waals surface area contributed by atoms with E-state index in [0.717, 1.165) is 29.2 Å². The van der Waals surface area contributed by atoms with Crippen molar-refractivity contribution in [2.45, 2.75) is 39.7 Å². The summed E-state index contributed by atoms with van der Waals surface area (Å²) in [4.78, 5) is 9.01. The van der Waals surface area contributed by atoms with Crippen LogP contribution in [0, 0.1) is 19.8 Å². The first-order valence-corrected chi connectivity index (χ1v) is 7.89. The first kappa shape index (κ1) is 14.3. The van der Waals surface area contributed by atoms with Crippen LogP contribution in [0.1, 0.15) is 43.1 Å². The van der Waals surface area contributed by atoms with Crippen molar-refractivity contribution in [1.29, 1.82) is 0 Å². The van der Waals surface area contributed by atoms with Crippen LogP contribution in [-0.2, 0) is 4.74 Å². The van der Waals surface area contributed by atoms with Crippen LogP contribution in [0.15, 0.2) is 16.8 Å². The lowest BCUT2D eigenvalue weighted by Gasteiger charge is -2.07. The zero-order valence-corrected chi connectivity index (χ0v) is 13.5. The second-order valence-corrected chi connectivity index (χ2v) is 6.21. The number of rotatable bonds is 5. The Hall–Kier alpha value is -2.28. The molecule has 3 aromatic rings. The molecule has 0 amide bonds. The van der Waals surface area contributed by atoms with Crippen LogP contribution in [0.5, 0.6) is 0 Å². The number of fused-ring (bicyclic) bond motifs is 1. The third-order valence-corrected chi connectivity index (χ3v) is 4.09. The molecule has 0 radical (unpaired) electrons. The molecule has 4 rings (SSSR count). The molecule has 0 saturated heterocycles. The van der Waals surface area contributed by atoms with Gasteiger partial charge in [-0.2, -0.15) is 10.1 Å². The fourth-order valence-corrected chi connectivity index (χ4v) is 2.57. The van der Waals surface area contributed by atoms with E-state index in [1.807, 2.05) is 26.8 Å². The lowest BCUT2D eigenvalue weighted by molar-refractivity contribution is 0.0361. The maximum absolute atomic E-state index is 5.78. The quantitative estimate of drug-likeness (QED) is 0.720. The van der Waals surface area contributed by atoms with E-state index in [1.165, 1.54) is 12.8 Å². The fraction of sp³-hybridized carbons (Fsp3) is 0.500. The van der Waals surface area contributed by atoms with Crippen molar-refractivity contribution in [3.05, 3.63) is 29.5 Å². The second kappa shape index (κ2) is 5.42. The van der Waals surface area contributed by atoms with Gasteiger partial charge < -0.3 is 9.26 Å². The van der Waals surface area contributed by atoms with Crippen LogP contribution in [0.2, 0.25) is 0 Å². The van der Waals surface area contributed by atoms with Gasteiger partial charge in [0.05, 0.1) is 18.4 Å². The second-order valence-electron chi connectivity index (χ2n) is 6.21. The minimum Gasteiger partial charge on any atom is -0.368 e. The first-order chi connectivity index (χ1) is 11.1. The highest BCUT2D eigenvalue weighted by Gasteiger charge is 2.25. The Morgan fingerprint density at radius 2 is 2.17 bits per heavy atom. The normalized spacial score (nSPS) is 16.1. The molecule has 0 bridgehead atoms. The molecule has 3 heterocycles. The summed E-state index contributed by atoms with van der Waals surface area (Å²) in [6.07, 6.45) is 4.04. The van der Waals surface area contributed by atoms with Crippen molar-refractivity contribution in [3.8, 4) is 11.4 Å². The Morgan fingerprint density at radius 1 is 1.35 bits per heavy atom. The predicted octanol–water partition coefficient (Wildman–Crippen LogP) is 2.88. The Kier molecular flexibility index (Phi) is 3.37. The molecule has 23 heavy (non-hydrogen) atoms. The van der Waals surface area contributed by atoms with E-state index in [0.29, 0.717) is 17.6 Å². The van der Waals surface area contributed by atoms with Gasteiger partial charge in [-0.1, -0.05) is 5.16 Å². The Labute approximate surface area is 133 Å². The van der Waals surface area contributed by atoms with Crippen LogP contribution in [0.4, 0.5) is 0 Å². The summed E-state index contributed by atoms with van der Waals surface area (Å²) in [6, 6.07) is 1.99. The van der Waals surface area contributed by atoms with Crippen LogP contribution >= 0.6 is 0 Å². The molecule has 0 spiro atoms. The summed E-state index contributed by atoms with van der Waals surface area (Å²) in [5.41, 5.74) is 3.45. The van der Waals surface area contributed by atoms with E-state index in [1.54, 1.807) is 10.7 Å². The van der Waals surface area contributed by atoms with Gasteiger partial charge in [0.25, 0.3) is 5.89 Å². The zero-order valence-electron chi connectivity index (χ0n) is 13.5. The molecule has 3 aromatic heterocycles. The fourth-order valence-electron chi connectivity index (χ4n) is 2.57. The van der Waals surface area contributed by atoms with Crippen molar-refractivity contribution in [2.75, 3.05) is 6.61 Å². The standard InChI is InChI=1S/C16H19N5O2/c1-9-6-10(2)21-15(18-9)13(7-17-21)14-19-16(23-20-14)11(3)22-8-12-4-5-12/h6-7,11-12H,4-5,8H2,1-3H3/t11-/m0/s1. The van der Waals surface area contributed by atoms with Gasteiger partial charge in [0, 0.05) is 11.4 Å². The van der Waals surface area contributed by atoms with Crippen LogP contribution in [0.3, 0.4) is 0 Å². The maximum atomic E-state index is 5.78. The van der Waals surface area contributed by atoms with Gasteiger partial charge in [0.2, 0.25) is 5.82 Å². The maximum Gasteiger partial charge on any atom is 0.255 e. The smallest absolute Gasteiger partial charge is 0.255 e. The van der Waals surface area contributed by atoms with Crippen LogP contribution < -0.4 is 0 Å². The van der Waals surface area contributed by atoms with Gasteiger partial charge >= 0.3 is 0 Å². The molecule has 0 unspecified atom stereocenters. The summed E-state index contributed by atoms with van der Waals surface area (Å²) in [5, 5.41) is 8.43. The summed E-state index contributed by atoms with van der Waals surface area (Å²) in [7, 11) is 0. The first-order valence-electron chi connectivity index (χ1n) is 7.89. The third-order valence-electron chi connectivity index (χ3n) is 4.09. The topological polar surface area (TPSA) is 78.3 Å². The molecule has 1 aliphatic carbocycles. The van der Waals surface area contributed by atoms with Gasteiger partial charge in [0.1, 0.15) is 6.10 Å². The van der Waals surface area contributed by atoms with Crippen molar-refractivity contribution in [2.24, 2.45) is 5.92 Å². The highest BCUT2D eigenvalue weighted by Crippen LogP contribution is 2.31. The van der Waals surface area contributed by atoms with E-state index in [-0.39, 0.29) is 6.10 Å². The van der Waals surface area contributed by atoms with Crippen molar-refractivity contribution < 1.29 is 9.26 Å². The highest BCUT2D eigenvalue weighted by atomic mass is 16.5. The number of ether oxygens (including phenoxy) is 1. The van der Waals surface area contributed by atoms with Crippen LogP contribution in [0.25, 0.3) is 17.0 Å². The molecule has 120 valence electrons. The summed E-state index contributed by atoms with van der Waals surface area (Å²) in [5.74, 6) is 1.69. The molecule has 1 aliphatic rings. The minimum absolute atomic E-state index is 0.199. The zero-order chi connectivity index (χ0) is 16.0. The highest BCUT2D eigenvalue weighted by molar-refractivity contribution is 5.72. The average Bonchev–Trinajstić information content (AvgIpc) is 3.04. The largest absolute Gasteiger partial charge is 0.368 e. The molecule has 0 aliphatic heterocycles. The number of nitrogens with zero attached hydrogens (tertiary/aromatic N) is 5. The van der Waals surface area contributed by atoms with Gasteiger partial charge in [-0.25, -0.2) is 9.50 Å². The van der Waals surface area contributed by atoms with E-state index in [4.69, 9.17) is 9.26 Å². The lowest BCUT2D eigenvalue weighted by Crippen LogP contribution is -2.03. The van der Waals surface area contributed by atoms with E-state index in [2.05, 4.69) is 20.2 Å². The number of aryl methyl sites for hydroxylation is 2. The molecule has 0 N–H and O–H groups in total. The Balaban J connectivity index is 1.63. The minimum atomic E-state index is -0.199.